The first-order chi connectivity index (χ1) is 3.81. The molecule has 0 aromatic rings. The first-order valence-corrected chi connectivity index (χ1v) is 2.55. The maximum absolute atomic E-state index is 5.26. The third-order valence-corrected chi connectivity index (χ3v) is 0.784. The lowest BCUT2D eigenvalue weighted by Gasteiger charge is -2.07. The fraction of sp³-hybridized carbons (Fsp3) is 0.600. The van der Waals surface area contributed by atoms with Crippen molar-refractivity contribution in [1.29, 1.82) is 0 Å². The average molecular weight is 115 g/mol. The Morgan fingerprint density at radius 1 is 1.75 bits per heavy atom. The molecule has 0 aliphatic rings. The van der Waals surface area contributed by atoms with E-state index in [1.54, 1.807) is 0 Å². The first kappa shape index (κ1) is 7.30. The van der Waals surface area contributed by atoms with Crippen LogP contribution in [0, 0.1) is 0 Å². The molecule has 3 nitrogen and oxygen atoms in total. The molecule has 0 aromatic carbocycles. The van der Waals surface area contributed by atoms with Gasteiger partial charge in [0, 0.05) is 26.5 Å². The molecule has 48 valence electrons. The van der Waals surface area contributed by atoms with Crippen LogP contribution in [-0.2, 0) is 0 Å². The van der Waals surface area contributed by atoms with E-state index in [1.807, 2.05) is 31.4 Å². The fourth-order valence-electron chi connectivity index (χ4n) is 0.263. The Morgan fingerprint density at radius 3 is 2.75 bits per heavy atom. The van der Waals surface area contributed by atoms with Crippen molar-refractivity contribution in [2.75, 3.05) is 20.8 Å². The summed E-state index contributed by atoms with van der Waals surface area (Å²) in [7, 11) is 3.76. The topological polar surface area (TPSA) is 41.3 Å². The summed E-state index contributed by atoms with van der Waals surface area (Å²) in [6.45, 7) is 0.554. The standard InChI is InChI=1S/C5H13N3/c1-7-3-4-8(2)5-6/h3-4,7H,5-6H2,1-2H3/b4-3-. The van der Waals surface area contributed by atoms with Crippen LogP contribution < -0.4 is 11.1 Å². The monoisotopic (exact) mass is 115 g/mol. The van der Waals surface area contributed by atoms with Gasteiger partial charge in [-0.2, -0.15) is 0 Å². The van der Waals surface area contributed by atoms with Crippen molar-refractivity contribution in [2.24, 2.45) is 5.73 Å². The molecular weight excluding hydrogens is 102 g/mol. The molecule has 0 spiro atoms. The highest BCUT2D eigenvalue weighted by molar-refractivity contribution is 4.75. The van der Waals surface area contributed by atoms with Gasteiger partial charge in [-0.3, -0.25) is 0 Å². The van der Waals surface area contributed by atoms with E-state index in [0.717, 1.165) is 0 Å². The van der Waals surface area contributed by atoms with Gasteiger partial charge >= 0.3 is 0 Å². The summed E-state index contributed by atoms with van der Waals surface area (Å²) in [6.07, 6.45) is 3.70. The Balaban J connectivity index is 3.21. The Bertz CT molecular complexity index is 70.1. The number of hydrogen-bond donors (Lipinski definition) is 2. The smallest absolute Gasteiger partial charge is 0.0648 e. The maximum atomic E-state index is 5.26. The lowest BCUT2D eigenvalue weighted by molar-refractivity contribution is 0.469. The Kier molecular flexibility index (Phi) is 4.07. The van der Waals surface area contributed by atoms with Crippen molar-refractivity contribution in [3.05, 3.63) is 12.4 Å². The van der Waals surface area contributed by atoms with Crippen molar-refractivity contribution in [1.82, 2.24) is 10.2 Å². The largest absolute Gasteiger partial charge is 0.393 e. The number of hydrogen-bond acceptors (Lipinski definition) is 3. The van der Waals surface area contributed by atoms with Gasteiger partial charge in [0.1, 0.15) is 0 Å². The van der Waals surface area contributed by atoms with E-state index in [4.69, 9.17) is 5.73 Å². The minimum absolute atomic E-state index is 0.554. The molecule has 0 aliphatic heterocycles. The maximum Gasteiger partial charge on any atom is 0.0648 e. The zero-order chi connectivity index (χ0) is 6.41. The van der Waals surface area contributed by atoms with Crippen LogP contribution in [-0.4, -0.2) is 25.7 Å². The minimum atomic E-state index is 0.554. The second-order valence-corrected chi connectivity index (χ2v) is 1.54. The van der Waals surface area contributed by atoms with Crippen molar-refractivity contribution >= 4 is 0 Å². The number of nitrogens with one attached hydrogen (secondary N) is 1. The van der Waals surface area contributed by atoms with Crippen LogP contribution >= 0.6 is 0 Å². The van der Waals surface area contributed by atoms with Crippen LogP contribution in [0.5, 0.6) is 0 Å². The SMILES string of the molecule is CN/C=C\N(C)CN. The summed E-state index contributed by atoms with van der Waals surface area (Å²) in [4.78, 5) is 1.87. The minimum Gasteiger partial charge on any atom is -0.393 e. The average Bonchev–Trinajstić information content (AvgIpc) is 1.83. The summed E-state index contributed by atoms with van der Waals surface area (Å²) in [5, 5.41) is 2.86. The number of nitrogens with zero attached hydrogens (tertiary/aromatic N) is 1. The Labute approximate surface area is 50.2 Å². The summed E-state index contributed by atoms with van der Waals surface area (Å²) >= 11 is 0. The van der Waals surface area contributed by atoms with E-state index in [0.29, 0.717) is 6.67 Å². The zero-order valence-corrected chi connectivity index (χ0v) is 5.39. The van der Waals surface area contributed by atoms with Gasteiger partial charge in [0.05, 0.1) is 6.67 Å². The highest BCUT2D eigenvalue weighted by atomic mass is 15.1. The second kappa shape index (κ2) is 4.46. The van der Waals surface area contributed by atoms with Crippen molar-refractivity contribution in [3.63, 3.8) is 0 Å². The fourth-order valence-corrected chi connectivity index (χ4v) is 0.263. The third-order valence-electron chi connectivity index (χ3n) is 0.784. The molecule has 3 heteroatoms. The van der Waals surface area contributed by atoms with E-state index in [1.165, 1.54) is 0 Å². The van der Waals surface area contributed by atoms with Crippen molar-refractivity contribution in [2.45, 2.75) is 0 Å². The molecule has 8 heavy (non-hydrogen) atoms. The predicted molar refractivity (Wildman–Crippen MR) is 35.0 cm³/mol. The summed E-state index contributed by atoms with van der Waals surface area (Å²) in [5.41, 5.74) is 5.26. The molecule has 0 aliphatic carbocycles. The highest BCUT2D eigenvalue weighted by Crippen LogP contribution is 1.74. The second-order valence-electron chi connectivity index (χ2n) is 1.54. The molecule has 3 N–H and O–H groups in total. The molecule has 0 saturated heterocycles. The molecule has 0 radical (unpaired) electrons. The molecule has 0 saturated carbocycles. The zero-order valence-electron chi connectivity index (χ0n) is 5.39. The molecule has 0 rings (SSSR count). The first-order valence-electron chi connectivity index (χ1n) is 2.55. The number of nitrogens with two attached hydrogens (primary N) is 1. The summed E-state index contributed by atoms with van der Waals surface area (Å²) < 4.78 is 0. The normalized spacial score (nSPS) is 9.88. The van der Waals surface area contributed by atoms with Gasteiger partial charge in [0.15, 0.2) is 0 Å². The molecule has 0 aromatic heterocycles. The van der Waals surface area contributed by atoms with Crippen molar-refractivity contribution < 1.29 is 0 Å². The van der Waals surface area contributed by atoms with Gasteiger partial charge in [0.25, 0.3) is 0 Å². The van der Waals surface area contributed by atoms with Gasteiger partial charge in [-0.15, -0.1) is 0 Å². The van der Waals surface area contributed by atoms with Gasteiger partial charge in [0.2, 0.25) is 0 Å². The van der Waals surface area contributed by atoms with Gasteiger partial charge in [-0.05, 0) is 0 Å². The molecule has 0 fully saturated rings. The van der Waals surface area contributed by atoms with Crippen LogP contribution in [0.25, 0.3) is 0 Å². The van der Waals surface area contributed by atoms with Crippen LogP contribution in [0.15, 0.2) is 12.4 Å². The molecular formula is C5H13N3. The molecule has 0 unspecified atom stereocenters. The van der Waals surface area contributed by atoms with Gasteiger partial charge in [-0.25, -0.2) is 0 Å². The highest BCUT2D eigenvalue weighted by Gasteiger charge is 1.78. The Morgan fingerprint density at radius 2 is 2.38 bits per heavy atom. The molecule has 0 atom stereocenters. The predicted octanol–water partition coefficient (Wildman–Crippen LogP) is -0.475. The quantitative estimate of drug-likeness (QED) is 0.488. The van der Waals surface area contributed by atoms with Crippen LogP contribution in [0.4, 0.5) is 0 Å². The van der Waals surface area contributed by atoms with Crippen LogP contribution in [0.3, 0.4) is 0 Å². The van der Waals surface area contributed by atoms with E-state index in [2.05, 4.69) is 5.32 Å². The van der Waals surface area contributed by atoms with E-state index >= 15 is 0 Å². The molecule has 0 heterocycles. The van der Waals surface area contributed by atoms with Crippen LogP contribution in [0.2, 0.25) is 0 Å². The van der Waals surface area contributed by atoms with Gasteiger partial charge in [-0.1, -0.05) is 0 Å². The van der Waals surface area contributed by atoms with Crippen LogP contribution in [0.1, 0.15) is 0 Å². The third kappa shape index (κ3) is 3.49. The van der Waals surface area contributed by atoms with Gasteiger partial charge < -0.3 is 16.0 Å². The van der Waals surface area contributed by atoms with Crippen molar-refractivity contribution in [3.8, 4) is 0 Å². The lowest BCUT2D eigenvalue weighted by atomic mass is 10.7. The Hall–Kier alpha value is -0.700. The molecule has 0 bridgehead atoms. The van der Waals surface area contributed by atoms with E-state index < -0.39 is 0 Å². The molecule has 0 amide bonds. The summed E-state index contributed by atoms with van der Waals surface area (Å²) in [6, 6.07) is 0. The van der Waals surface area contributed by atoms with E-state index in [9.17, 15) is 0 Å². The van der Waals surface area contributed by atoms with E-state index in [-0.39, 0.29) is 0 Å². The summed E-state index contributed by atoms with van der Waals surface area (Å²) in [5.74, 6) is 0. The number of rotatable bonds is 3. The lowest BCUT2D eigenvalue weighted by Crippen LogP contribution is -2.20.